The molecule has 2 heterocycles. The van der Waals surface area contributed by atoms with Crippen LogP contribution in [0.15, 0.2) is 51.4 Å². The van der Waals surface area contributed by atoms with Gasteiger partial charge in [-0.1, -0.05) is 36.9 Å². The number of nitrogens with two attached hydrogens (primary N) is 1. The minimum atomic E-state index is -0.690. The summed E-state index contributed by atoms with van der Waals surface area (Å²) in [5, 5.41) is 8.44. The SMILES string of the molecule is CCCn1c(N)c(C(=O)CSc2nncn2-c2ccccc2)c(=O)n(C)c1=O. The Bertz CT molecular complexity index is 1120. The van der Waals surface area contributed by atoms with E-state index in [2.05, 4.69) is 10.2 Å². The highest BCUT2D eigenvalue weighted by atomic mass is 32.2. The van der Waals surface area contributed by atoms with E-state index in [1.165, 1.54) is 11.6 Å². The van der Waals surface area contributed by atoms with Crippen molar-refractivity contribution in [3.63, 3.8) is 0 Å². The molecule has 0 aliphatic rings. The Hall–Kier alpha value is -3.14. The van der Waals surface area contributed by atoms with Crippen LogP contribution in [0, 0.1) is 0 Å². The molecule has 0 bridgehead atoms. The molecule has 0 saturated carbocycles. The van der Waals surface area contributed by atoms with Crippen LogP contribution >= 0.6 is 11.8 Å². The van der Waals surface area contributed by atoms with Crippen molar-refractivity contribution in [1.82, 2.24) is 23.9 Å². The van der Waals surface area contributed by atoms with Crippen LogP contribution < -0.4 is 17.0 Å². The summed E-state index contributed by atoms with van der Waals surface area (Å²) in [5.41, 5.74) is 5.46. The smallest absolute Gasteiger partial charge is 0.332 e. The fourth-order valence-corrected chi connectivity index (χ4v) is 3.58. The van der Waals surface area contributed by atoms with Gasteiger partial charge in [0.2, 0.25) is 0 Å². The van der Waals surface area contributed by atoms with Crippen LogP contribution in [0.2, 0.25) is 0 Å². The Morgan fingerprint density at radius 3 is 2.61 bits per heavy atom. The number of benzene rings is 1. The number of anilines is 1. The van der Waals surface area contributed by atoms with E-state index in [9.17, 15) is 14.4 Å². The van der Waals surface area contributed by atoms with E-state index in [0.717, 1.165) is 22.0 Å². The summed E-state index contributed by atoms with van der Waals surface area (Å²) >= 11 is 1.15. The highest BCUT2D eigenvalue weighted by Gasteiger charge is 2.22. The molecule has 9 nitrogen and oxygen atoms in total. The molecule has 146 valence electrons. The predicted octanol–water partition coefficient (Wildman–Crippen LogP) is 1.09. The topological polar surface area (TPSA) is 118 Å². The van der Waals surface area contributed by atoms with Crippen LogP contribution in [0.5, 0.6) is 0 Å². The van der Waals surface area contributed by atoms with Crippen molar-refractivity contribution in [1.29, 1.82) is 0 Å². The van der Waals surface area contributed by atoms with E-state index in [4.69, 9.17) is 5.73 Å². The van der Waals surface area contributed by atoms with Crippen LogP contribution in [-0.2, 0) is 13.6 Å². The molecule has 3 rings (SSSR count). The first-order valence-corrected chi connectivity index (χ1v) is 9.65. The summed E-state index contributed by atoms with van der Waals surface area (Å²) < 4.78 is 3.92. The molecular formula is C18H20N6O3S. The minimum absolute atomic E-state index is 0.0602. The van der Waals surface area contributed by atoms with Gasteiger partial charge in [0.05, 0.1) is 5.75 Å². The zero-order chi connectivity index (χ0) is 20.3. The number of para-hydroxylation sites is 1. The zero-order valence-corrected chi connectivity index (χ0v) is 16.3. The lowest BCUT2D eigenvalue weighted by Crippen LogP contribution is -2.42. The van der Waals surface area contributed by atoms with Crippen LogP contribution in [0.25, 0.3) is 5.69 Å². The first-order valence-electron chi connectivity index (χ1n) is 8.66. The third-order valence-corrected chi connectivity index (χ3v) is 5.14. The van der Waals surface area contributed by atoms with Gasteiger partial charge < -0.3 is 5.73 Å². The van der Waals surface area contributed by atoms with Gasteiger partial charge in [0.25, 0.3) is 5.56 Å². The lowest BCUT2D eigenvalue weighted by atomic mass is 10.2. The fourth-order valence-electron chi connectivity index (χ4n) is 2.78. The first-order chi connectivity index (χ1) is 13.5. The number of thioether (sulfide) groups is 1. The summed E-state index contributed by atoms with van der Waals surface area (Å²) in [5.74, 6) is -0.615. The highest BCUT2D eigenvalue weighted by Crippen LogP contribution is 2.20. The second-order valence-corrected chi connectivity index (χ2v) is 7.03. The van der Waals surface area contributed by atoms with Gasteiger partial charge in [-0.15, -0.1) is 10.2 Å². The quantitative estimate of drug-likeness (QED) is 0.466. The van der Waals surface area contributed by atoms with Crippen molar-refractivity contribution in [3.8, 4) is 5.69 Å². The van der Waals surface area contributed by atoms with E-state index in [1.807, 2.05) is 37.3 Å². The number of carbonyl (C=O) groups is 1. The van der Waals surface area contributed by atoms with Crippen LogP contribution in [0.3, 0.4) is 0 Å². The van der Waals surface area contributed by atoms with Crippen molar-refractivity contribution in [2.45, 2.75) is 25.0 Å². The molecule has 0 amide bonds. The number of nitrogen functional groups attached to an aromatic ring is 1. The van der Waals surface area contributed by atoms with Gasteiger partial charge in [0.15, 0.2) is 10.9 Å². The fraction of sp³-hybridized carbons (Fsp3) is 0.278. The lowest BCUT2D eigenvalue weighted by molar-refractivity contribution is 0.102. The monoisotopic (exact) mass is 400 g/mol. The minimum Gasteiger partial charge on any atom is -0.384 e. The van der Waals surface area contributed by atoms with E-state index < -0.39 is 17.0 Å². The average molecular weight is 400 g/mol. The molecule has 28 heavy (non-hydrogen) atoms. The maximum atomic E-state index is 12.8. The molecule has 10 heteroatoms. The maximum Gasteiger partial charge on any atom is 0.332 e. The normalized spacial score (nSPS) is 10.9. The van der Waals surface area contributed by atoms with E-state index >= 15 is 0 Å². The molecular weight excluding hydrogens is 380 g/mol. The first kappa shape index (κ1) is 19.6. The van der Waals surface area contributed by atoms with E-state index in [0.29, 0.717) is 18.1 Å². The van der Waals surface area contributed by atoms with Crippen molar-refractivity contribution in [2.75, 3.05) is 11.5 Å². The zero-order valence-electron chi connectivity index (χ0n) is 15.5. The summed E-state index contributed by atoms with van der Waals surface area (Å²) in [6.45, 7) is 2.21. The van der Waals surface area contributed by atoms with Crippen molar-refractivity contribution >= 4 is 23.4 Å². The Morgan fingerprint density at radius 1 is 1.21 bits per heavy atom. The van der Waals surface area contributed by atoms with Gasteiger partial charge in [-0.25, -0.2) is 4.79 Å². The second-order valence-electron chi connectivity index (χ2n) is 6.09. The number of carbonyl (C=O) groups excluding carboxylic acids is 1. The van der Waals surface area contributed by atoms with Gasteiger partial charge in [-0.3, -0.25) is 23.3 Å². The molecule has 2 aromatic heterocycles. The summed E-state index contributed by atoms with van der Waals surface area (Å²) in [7, 11) is 1.34. The number of aromatic nitrogens is 5. The Balaban J connectivity index is 1.89. The van der Waals surface area contributed by atoms with Gasteiger partial charge in [-0.05, 0) is 18.6 Å². The molecule has 0 saturated heterocycles. The molecule has 0 radical (unpaired) electrons. The summed E-state index contributed by atoms with van der Waals surface area (Å²) in [6.07, 6.45) is 2.20. The molecule has 0 aliphatic carbocycles. The third kappa shape index (κ3) is 3.63. The number of nitrogens with zero attached hydrogens (tertiary/aromatic N) is 5. The predicted molar refractivity (Wildman–Crippen MR) is 107 cm³/mol. The molecule has 0 atom stereocenters. The van der Waals surface area contributed by atoms with E-state index in [-0.39, 0.29) is 17.1 Å². The Morgan fingerprint density at radius 2 is 1.93 bits per heavy atom. The summed E-state index contributed by atoms with van der Waals surface area (Å²) in [6, 6.07) is 9.45. The Labute approximate surface area is 164 Å². The van der Waals surface area contributed by atoms with E-state index in [1.54, 1.807) is 10.9 Å². The lowest BCUT2D eigenvalue weighted by Gasteiger charge is -2.13. The van der Waals surface area contributed by atoms with Crippen molar-refractivity contribution in [3.05, 3.63) is 63.1 Å². The van der Waals surface area contributed by atoms with Gasteiger partial charge in [0, 0.05) is 19.3 Å². The van der Waals surface area contributed by atoms with Crippen LogP contribution in [0.4, 0.5) is 5.82 Å². The number of hydrogen-bond acceptors (Lipinski definition) is 7. The molecule has 0 aliphatic heterocycles. The average Bonchev–Trinajstić information content (AvgIpc) is 3.17. The highest BCUT2D eigenvalue weighted by molar-refractivity contribution is 7.99. The van der Waals surface area contributed by atoms with Crippen LogP contribution in [0.1, 0.15) is 23.7 Å². The van der Waals surface area contributed by atoms with Crippen molar-refractivity contribution < 1.29 is 4.79 Å². The number of Topliss-reactive ketones (excluding diaryl/α,β-unsaturated/α-hetero) is 1. The van der Waals surface area contributed by atoms with Crippen LogP contribution in [-0.4, -0.2) is 35.4 Å². The maximum absolute atomic E-state index is 12.8. The Kier molecular flexibility index (Phi) is 5.78. The number of ketones is 1. The summed E-state index contributed by atoms with van der Waals surface area (Å²) in [4.78, 5) is 37.5. The number of hydrogen-bond donors (Lipinski definition) is 1. The molecule has 0 spiro atoms. The van der Waals surface area contributed by atoms with Gasteiger partial charge in [-0.2, -0.15) is 0 Å². The molecule has 2 N–H and O–H groups in total. The third-order valence-electron chi connectivity index (χ3n) is 4.19. The molecule has 1 aromatic carbocycles. The largest absolute Gasteiger partial charge is 0.384 e. The molecule has 0 fully saturated rings. The molecule has 3 aromatic rings. The second kappa shape index (κ2) is 8.26. The number of rotatable bonds is 7. The van der Waals surface area contributed by atoms with Gasteiger partial charge >= 0.3 is 5.69 Å². The van der Waals surface area contributed by atoms with Crippen molar-refractivity contribution in [2.24, 2.45) is 7.05 Å². The standard InChI is InChI=1S/C18H20N6O3S/c1-3-9-23-15(19)14(16(26)22(2)18(23)27)13(25)10-28-17-21-20-11-24(17)12-7-5-4-6-8-12/h4-8,11H,3,9-10,19H2,1-2H3. The van der Waals surface area contributed by atoms with Gasteiger partial charge in [0.1, 0.15) is 17.7 Å². The molecule has 0 unspecified atom stereocenters.